The lowest BCUT2D eigenvalue weighted by Gasteiger charge is -2.41. The maximum atomic E-state index is 9.33. The first-order valence-electron chi connectivity index (χ1n) is 8.29. The highest BCUT2D eigenvalue weighted by Gasteiger charge is 2.31. The van der Waals surface area contributed by atoms with E-state index in [1.807, 2.05) is 12.4 Å². The Morgan fingerprint density at radius 3 is 2.86 bits per heavy atom. The lowest BCUT2D eigenvalue weighted by molar-refractivity contribution is 0.0562. The topological polar surface area (TPSA) is 44.5 Å². The summed E-state index contributed by atoms with van der Waals surface area (Å²) in [5.74, 6) is 2.10. The van der Waals surface area contributed by atoms with Crippen molar-refractivity contribution in [1.82, 2.24) is 19.4 Å². The van der Waals surface area contributed by atoms with E-state index in [1.165, 1.54) is 19.4 Å². The quantitative estimate of drug-likeness (QED) is 0.805. The van der Waals surface area contributed by atoms with Gasteiger partial charge in [-0.05, 0) is 25.2 Å². The van der Waals surface area contributed by atoms with Crippen LogP contribution in [0.5, 0.6) is 0 Å². The number of piperazine rings is 1. The number of aliphatic hydroxyl groups is 1. The van der Waals surface area contributed by atoms with Crippen molar-refractivity contribution in [1.29, 1.82) is 0 Å². The van der Waals surface area contributed by atoms with Crippen molar-refractivity contribution in [3.05, 3.63) is 18.2 Å². The van der Waals surface area contributed by atoms with Gasteiger partial charge < -0.3 is 14.6 Å². The Bertz CT molecular complexity index is 443. The normalized spacial score (nSPS) is 24.6. The van der Waals surface area contributed by atoms with E-state index < -0.39 is 0 Å². The number of nitrogens with zero attached hydrogens (tertiary/aromatic N) is 4. The molecular formula is C16H28N4O. The van der Waals surface area contributed by atoms with E-state index in [-0.39, 0.29) is 0 Å². The van der Waals surface area contributed by atoms with Crippen molar-refractivity contribution in [2.24, 2.45) is 13.0 Å². The van der Waals surface area contributed by atoms with Gasteiger partial charge in [0.2, 0.25) is 0 Å². The van der Waals surface area contributed by atoms with Gasteiger partial charge in [-0.25, -0.2) is 4.98 Å². The molecule has 1 aromatic heterocycles. The minimum Gasteiger partial charge on any atom is -0.396 e. The summed E-state index contributed by atoms with van der Waals surface area (Å²) in [7, 11) is 2.06. The van der Waals surface area contributed by atoms with Crippen LogP contribution >= 0.6 is 0 Å². The zero-order chi connectivity index (χ0) is 14.7. The summed E-state index contributed by atoms with van der Waals surface area (Å²) in [6.07, 6.45) is 8.62. The predicted molar refractivity (Wildman–Crippen MR) is 83.1 cm³/mol. The van der Waals surface area contributed by atoms with Crippen LogP contribution < -0.4 is 0 Å². The van der Waals surface area contributed by atoms with E-state index >= 15 is 0 Å². The molecule has 0 bridgehead atoms. The first-order chi connectivity index (χ1) is 10.3. The van der Waals surface area contributed by atoms with Crippen LogP contribution in [-0.4, -0.2) is 69.8 Å². The Balaban J connectivity index is 1.49. The zero-order valence-corrected chi connectivity index (χ0v) is 13.1. The standard InChI is InChI=1S/C16H28N4O/c1-18-8-6-17-16(18)4-7-19-9-10-20(12-14-2-3-14)15(13-19)5-11-21/h6,8,14-15,21H,2-5,7,9-13H2,1H3. The highest BCUT2D eigenvalue weighted by Crippen LogP contribution is 2.31. The van der Waals surface area contributed by atoms with E-state index in [2.05, 4.69) is 26.4 Å². The Labute approximate surface area is 127 Å². The average molecular weight is 292 g/mol. The third-order valence-electron chi connectivity index (χ3n) is 4.91. The highest BCUT2D eigenvalue weighted by atomic mass is 16.3. The van der Waals surface area contributed by atoms with Crippen molar-refractivity contribution in [2.45, 2.75) is 31.7 Å². The maximum absolute atomic E-state index is 9.33. The van der Waals surface area contributed by atoms with Gasteiger partial charge in [0.15, 0.2) is 0 Å². The lowest BCUT2D eigenvalue weighted by atomic mass is 10.1. The molecule has 5 nitrogen and oxygen atoms in total. The Morgan fingerprint density at radius 1 is 1.33 bits per heavy atom. The molecule has 2 heterocycles. The fraction of sp³-hybridized carbons (Fsp3) is 0.812. The maximum Gasteiger partial charge on any atom is 0.109 e. The molecule has 0 spiro atoms. The molecule has 2 fully saturated rings. The van der Waals surface area contributed by atoms with Gasteiger partial charge in [0.25, 0.3) is 0 Å². The summed E-state index contributed by atoms with van der Waals surface area (Å²) in [6, 6.07) is 0.533. The number of aromatic nitrogens is 2. The molecule has 1 aliphatic carbocycles. The van der Waals surface area contributed by atoms with E-state index in [0.717, 1.165) is 50.8 Å². The Morgan fingerprint density at radius 2 is 2.19 bits per heavy atom. The number of hydrogen-bond acceptors (Lipinski definition) is 4. The first-order valence-corrected chi connectivity index (χ1v) is 8.29. The van der Waals surface area contributed by atoms with Crippen molar-refractivity contribution in [3.63, 3.8) is 0 Å². The van der Waals surface area contributed by atoms with E-state index in [0.29, 0.717) is 12.6 Å². The second-order valence-corrected chi connectivity index (χ2v) is 6.61. The molecule has 5 heteroatoms. The minimum atomic E-state index is 0.305. The third kappa shape index (κ3) is 4.05. The molecular weight excluding hydrogens is 264 g/mol. The van der Waals surface area contributed by atoms with Crippen LogP contribution in [0.3, 0.4) is 0 Å². The fourth-order valence-corrected chi connectivity index (χ4v) is 3.35. The van der Waals surface area contributed by atoms with Gasteiger partial charge in [0, 0.05) is 71.2 Å². The van der Waals surface area contributed by atoms with Crippen molar-refractivity contribution >= 4 is 0 Å². The van der Waals surface area contributed by atoms with Gasteiger partial charge in [0.1, 0.15) is 5.82 Å². The van der Waals surface area contributed by atoms with Gasteiger partial charge >= 0.3 is 0 Å². The second-order valence-electron chi connectivity index (χ2n) is 6.61. The van der Waals surface area contributed by atoms with Crippen LogP contribution in [0.1, 0.15) is 25.1 Å². The molecule has 0 aromatic carbocycles. The molecule has 1 unspecified atom stereocenters. The Hall–Kier alpha value is -0.910. The van der Waals surface area contributed by atoms with Crippen molar-refractivity contribution in [3.8, 4) is 0 Å². The van der Waals surface area contributed by atoms with Gasteiger partial charge in [-0.15, -0.1) is 0 Å². The largest absolute Gasteiger partial charge is 0.396 e. The number of aliphatic hydroxyl groups excluding tert-OH is 1. The van der Waals surface area contributed by atoms with E-state index in [1.54, 1.807) is 0 Å². The zero-order valence-electron chi connectivity index (χ0n) is 13.1. The summed E-state index contributed by atoms with van der Waals surface area (Å²) in [5.41, 5.74) is 0. The molecule has 2 aliphatic rings. The molecule has 1 saturated carbocycles. The fourth-order valence-electron chi connectivity index (χ4n) is 3.35. The van der Waals surface area contributed by atoms with Crippen LogP contribution in [-0.2, 0) is 13.5 Å². The van der Waals surface area contributed by atoms with Crippen molar-refractivity contribution < 1.29 is 5.11 Å². The molecule has 1 N–H and O–H groups in total. The smallest absolute Gasteiger partial charge is 0.109 e. The summed E-state index contributed by atoms with van der Waals surface area (Å²) >= 11 is 0. The Kier molecular flexibility index (Phi) is 4.93. The van der Waals surface area contributed by atoms with Crippen LogP contribution in [0.15, 0.2) is 12.4 Å². The molecule has 1 aliphatic heterocycles. The number of aryl methyl sites for hydroxylation is 1. The molecule has 0 amide bonds. The summed E-state index contributed by atoms with van der Waals surface area (Å²) < 4.78 is 2.11. The number of hydrogen-bond donors (Lipinski definition) is 1. The molecule has 1 atom stereocenters. The summed E-state index contributed by atoms with van der Waals surface area (Å²) in [5, 5.41) is 9.33. The molecule has 1 saturated heterocycles. The van der Waals surface area contributed by atoms with Gasteiger partial charge in [0.05, 0.1) is 0 Å². The minimum absolute atomic E-state index is 0.305. The lowest BCUT2D eigenvalue weighted by Crippen LogP contribution is -2.54. The van der Waals surface area contributed by atoms with Crippen molar-refractivity contribution in [2.75, 3.05) is 39.3 Å². The average Bonchev–Trinajstić information content (AvgIpc) is 3.20. The monoisotopic (exact) mass is 292 g/mol. The predicted octanol–water partition coefficient (Wildman–Crippen LogP) is 0.741. The number of rotatable bonds is 7. The van der Waals surface area contributed by atoms with Gasteiger partial charge in [-0.3, -0.25) is 4.90 Å². The van der Waals surface area contributed by atoms with Gasteiger partial charge in [-0.2, -0.15) is 0 Å². The highest BCUT2D eigenvalue weighted by molar-refractivity contribution is 4.93. The third-order valence-corrected chi connectivity index (χ3v) is 4.91. The van der Waals surface area contributed by atoms with Crippen LogP contribution in [0.25, 0.3) is 0 Å². The van der Waals surface area contributed by atoms with E-state index in [9.17, 15) is 5.11 Å². The van der Waals surface area contributed by atoms with Crippen LogP contribution in [0.2, 0.25) is 0 Å². The molecule has 21 heavy (non-hydrogen) atoms. The van der Waals surface area contributed by atoms with Gasteiger partial charge in [-0.1, -0.05) is 0 Å². The van der Waals surface area contributed by atoms with E-state index in [4.69, 9.17) is 0 Å². The molecule has 3 rings (SSSR count). The molecule has 0 radical (unpaired) electrons. The summed E-state index contributed by atoms with van der Waals surface area (Å²) in [4.78, 5) is 9.56. The summed E-state index contributed by atoms with van der Waals surface area (Å²) in [6.45, 7) is 6.03. The molecule has 1 aromatic rings. The van der Waals surface area contributed by atoms with Crippen LogP contribution in [0.4, 0.5) is 0 Å². The SMILES string of the molecule is Cn1ccnc1CCN1CCN(CC2CC2)C(CCO)C1. The second kappa shape index (κ2) is 6.90. The first kappa shape index (κ1) is 15.0. The number of imidazole rings is 1. The van der Waals surface area contributed by atoms with Crippen LogP contribution in [0, 0.1) is 5.92 Å². The molecule has 118 valence electrons.